The molecule has 1 aliphatic rings. The molecule has 1 N–H and O–H groups in total. The fourth-order valence-electron chi connectivity index (χ4n) is 2.28. The van der Waals surface area contributed by atoms with Crippen molar-refractivity contribution in [3.63, 3.8) is 0 Å². The van der Waals surface area contributed by atoms with Gasteiger partial charge in [0.05, 0.1) is 12.5 Å². The zero-order chi connectivity index (χ0) is 12.7. The van der Waals surface area contributed by atoms with Gasteiger partial charge in [0.2, 0.25) is 0 Å². The molecule has 1 saturated carbocycles. The Morgan fingerprint density at radius 2 is 1.88 bits per heavy atom. The largest absolute Gasteiger partial charge is 0.481 e. The molecule has 0 heterocycles. The zero-order valence-corrected chi connectivity index (χ0v) is 10.5. The Bertz CT molecular complexity index is 254. The zero-order valence-electron chi connectivity index (χ0n) is 10.5. The van der Waals surface area contributed by atoms with Gasteiger partial charge < -0.3 is 9.84 Å². The summed E-state index contributed by atoms with van der Waals surface area (Å²) in [7, 11) is 0. The Hall–Kier alpha value is -1.06. The minimum Gasteiger partial charge on any atom is -0.481 e. The highest BCUT2D eigenvalue weighted by Gasteiger charge is 2.28. The van der Waals surface area contributed by atoms with E-state index in [1.54, 1.807) is 0 Å². The van der Waals surface area contributed by atoms with Gasteiger partial charge in [-0.25, -0.2) is 0 Å². The van der Waals surface area contributed by atoms with Crippen molar-refractivity contribution in [2.24, 2.45) is 11.8 Å². The molecule has 98 valence electrons. The van der Waals surface area contributed by atoms with E-state index in [9.17, 15) is 9.59 Å². The topological polar surface area (TPSA) is 63.6 Å². The maximum absolute atomic E-state index is 11.7. The predicted octanol–water partition coefficient (Wildman–Crippen LogP) is 2.61. The summed E-state index contributed by atoms with van der Waals surface area (Å²) in [5, 5.41) is 8.69. The van der Waals surface area contributed by atoms with E-state index < -0.39 is 5.97 Å². The summed E-state index contributed by atoms with van der Waals surface area (Å²) in [6, 6.07) is 0. The third kappa shape index (κ3) is 5.20. The minimum absolute atomic E-state index is 0.00287. The second kappa shape index (κ2) is 7.30. The van der Waals surface area contributed by atoms with E-state index in [0.717, 1.165) is 38.5 Å². The highest BCUT2D eigenvalue weighted by molar-refractivity contribution is 5.72. The summed E-state index contributed by atoms with van der Waals surface area (Å²) in [5.41, 5.74) is 0. The molecule has 0 atom stereocenters. The van der Waals surface area contributed by atoms with Crippen LogP contribution >= 0.6 is 0 Å². The molecular weight excluding hydrogens is 220 g/mol. The van der Waals surface area contributed by atoms with E-state index in [-0.39, 0.29) is 24.2 Å². The number of aliphatic carboxylic acids is 1. The molecule has 0 aromatic carbocycles. The van der Waals surface area contributed by atoms with Crippen molar-refractivity contribution in [2.75, 3.05) is 6.61 Å². The van der Waals surface area contributed by atoms with E-state index >= 15 is 0 Å². The molecule has 0 aromatic rings. The smallest absolute Gasteiger partial charge is 0.308 e. The third-order valence-corrected chi connectivity index (χ3v) is 3.39. The number of carbonyl (C=O) groups excluding carboxylic acids is 1. The molecule has 0 saturated heterocycles. The Morgan fingerprint density at radius 3 is 2.41 bits per heavy atom. The fourth-order valence-corrected chi connectivity index (χ4v) is 2.28. The van der Waals surface area contributed by atoms with Gasteiger partial charge >= 0.3 is 11.9 Å². The molecular formula is C13H22O4. The van der Waals surface area contributed by atoms with Crippen LogP contribution in [0.15, 0.2) is 0 Å². The predicted molar refractivity (Wildman–Crippen MR) is 63.6 cm³/mol. The van der Waals surface area contributed by atoms with E-state index in [2.05, 4.69) is 6.92 Å². The summed E-state index contributed by atoms with van der Waals surface area (Å²) in [6.45, 7) is 2.58. The van der Waals surface area contributed by atoms with Gasteiger partial charge in [0.15, 0.2) is 0 Å². The fraction of sp³-hybridized carbons (Fsp3) is 0.846. The Kier molecular flexibility index (Phi) is 6.01. The number of esters is 1. The van der Waals surface area contributed by atoms with Crippen LogP contribution in [0.3, 0.4) is 0 Å². The van der Waals surface area contributed by atoms with Crippen LogP contribution in [0.25, 0.3) is 0 Å². The Labute approximate surface area is 102 Å². The standard InChI is InChI=1S/C13H22O4/c1-2-3-8-17-13(16)11-6-4-10(5-7-11)9-12(14)15/h10-11H,2-9H2,1H3,(H,14,15). The lowest BCUT2D eigenvalue weighted by atomic mass is 9.80. The molecule has 0 spiro atoms. The van der Waals surface area contributed by atoms with Crippen molar-refractivity contribution in [3.8, 4) is 0 Å². The highest BCUT2D eigenvalue weighted by Crippen LogP contribution is 2.31. The molecule has 1 rings (SSSR count). The van der Waals surface area contributed by atoms with Gasteiger partial charge in [-0.3, -0.25) is 9.59 Å². The van der Waals surface area contributed by atoms with Crippen molar-refractivity contribution in [3.05, 3.63) is 0 Å². The molecule has 17 heavy (non-hydrogen) atoms. The molecule has 0 aromatic heterocycles. The average Bonchev–Trinajstić information content (AvgIpc) is 2.29. The Balaban J connectivity index is 2.21. The van der Waals surface area contributed by atoms with Crippen molar-refractivity contribution < 1.29 is 19.4 Å². The van der Waals surface area contributed by atoms with Crippen LogP contribution in [0.1, 0.15) is 51.9 Å². The van der Waals surface area contributed by atoms with Crippen LogP contribution in [0.5, 0.6) is 0 Å². The second-order valence-corrected chi connectivity index (χ2v) is 4.84. The number of hydrogen-bond donors (Lipinski definition) is 1. The van der Waals surface area contributed by atoms with Gasteiger partial charge in [0.1, 0.15) is 0 Å². The average molecular weight is 242 g/mol. The van der Waals surface area contributed by atoms with Crippen LogP contribution in [-0.4, -0.2) is 23.7 Å². The summed E-state index contributed by atoms with van der Waals surface area (Å²) < 4.78 is 5.18. The third-order valence-electron chi connectivity index (χ3n) is 3.39. The molecule has 4 heteroatoms. The first-order chi connectivity index (χ1) is 8.13. The van der Waals surface area contributed by atoms with Crippen molar-refractivity contribution in [1.82, 2.24) is 0 Å². The first kappa shape index (κ1) is 14.0. The van der Waals surface area contributed by atoms with Crippen LogP contribution in [0.4, 0.5) is 0 Å². The molecule has 0 unspecified atom stereocenters. The normalized spacial score (nSPS) is 24.3. The van der Waals surface area contributed by atoms with E-state index in [0.29, 0.717) is 6.61 Å². The SMILES string of the molecule is CCCCOC(=O)C1CCC(CC(=O)O)CC1. The first-order valence-electron chi connectivity index (χ1n) is 6.52. The van der Waals surface area contributed by atoms with Crippen LogP contribution in [0, 0.1) is 11.8 Å². The lowest BCUT2D eigenvalue weighted by Crippen LogP contribution is -2.25. The van der Waals surface area contributed by atoms with Crippen molar-refractivity contribution in [2.45, 2.75) is 51.9 Å². The van der Waals surface area contributed by atoms with Gasteiger partial charge in [-0.1, -0.05) is 13.3 Å². The minimum atomic E-state index is -0.737. The van der Waals surface area contributed by atoms with E-state index in [4.69, 9.17) is 9.84 Å². The van der Waals surface area contributed by atoms with Crippen molar-refractivity contribution >= 4 is 11.9 Å². The van der Waals surface area contributed by atoms with Crippen molar-refractivity contribution in [1.29, 1.82) is 0 Å². The summed E-state index contributed by atoms with van der Waals surface area (Å²) in [4.78, 5) is 22.2. The van der Waals surface area contributed by atoms with E-state index in [1.165, 1.54) is 0 Å². The van der Waals surface area contributed by atoms with E-state index in [1.807, 2.05) is 0 Å². The molecule has 1 aliphatic carbocycles. The second-order valence-electron chi connectivity index (χ2n) is 4.84. The number of unbranched alkanes of at least 4 members (excludes halogenated alkanes) is 1. The lowest BCUT2D eigenvalue weighted by molar-refractivity contribution is -0.150. The highest BCUT2D eigenvalue weighted by atomic mass is 16.5. The summed E-state index contributed by atoms with van der Waals surface area (Å²) in [6.07, 6.45) is 5.40. The number of carboxylic acid groups (broad SMARTS) is 1. The molecule has 4 nitrogen and oxygen atoms in total. The van der Waals surface area contributed by atoms with Gasteiger partial charge in [-0.2, -0.15) is 0 Å². The van der Waals surface area contributed by atoms with Gasteiger partial charge in [0, 0.05) is 6.42 Å². The van der Waals surface area contributed by atoms with Crippen LogP contribution < -0.4 is 0 Å². The summed E-state index contributed by atoms with van der Waals surface area (Å²) in [5.74, 6) is -0.588. The van der Waals surface area contributed by atoms with Crippen LogP contribution in [-0.2, 0) is 14.3 Å². The molecule has 0 bridgehead atoms. The van der Waals surface area contributed by atoms with Gasteiger partial charge in [-0.05, 0) is 38.0 Å². The van der Waals surface area contributed by atoms with Gasteiger partial charge in [-0.15, -0.1) is 0 Å². The maximum Gasteiger partial charge on any atom is 0.308 e. The lowest BCUT2D eigenvalue weighted by Gasteiger charge is -2.26. The van der Waals surface area contributed by atoms with Crippen LogP contribution in [0.2, 0.25) is 0 Å². The summed E-state index contributed by atoms with van der Waals surface area (Å²) >= 11 is 0. The molecule has 1 fully saturated rings. The number of hydrogen-bond acceptors (Lipinski definition) is 3. The molecule has 0 aliphatic heterocycles. The monoisotopic (exact) mass is 242 g/mol. The quantitative estimate of drug-likeness (QED) is 0.574. The van der Waals surface area contributed by atoms with Gasteiger partial charge in [0.25, 0.3) is 0 Å². The number of rotatable bonds is 6. The maximum atomic E-state index is 11.7. The number of carboxylic acids is 1. The molecule has 0 amide bonds. The first-order valence-corrected chi connectivity index (χ1v) is 6.52. The number of ether oxygens (including phenoxy) is 1. The number of carbonyl (C=O) groups is 2. The molecule has 0 radical (unpaired) electrons. The Morgan fingerprint density at radius 1 is 1.24 bits per heavy atom.